The summed E-state index contributed by atoms with van der Waals surface area (Å²) in [5.74, 6) is 0.115. The number of carbonyl (C=O) groups is 1. The van der Waals surface area contributed by atoms with Crippen LogP contribution in [0.1, 0.15) is 24.4 Å². The van der Waals surface area contributed by atoms with Crippen LogP contribution in [0.3, 0.4) is 0 Å². The van der Waals surface area contributed by atoms with E-state index in [1.807, 2.05) is 24.3 Å². The zero-order chi connectivity index (χ0) is 13.8. The van der Waals surface area contributed by atoms with Gasteiger partial charge in [0.05, 0.1) is 12.6 Å². The molecular formula is C14H19ClN2O2. The summed E-state index contributed by atoms with van der Waals surface area (Å²) >= 11 is 6.25. The molecule has 19 heavy (non-hydrogen) atoms. The van der Waals surface area contributed by atoms with Crippen molar-refractivity contribution in [1.82, 2.24) is 4.90 Å². The summed E-state index contributed by atoms with van der Waals surface area (Å²) < 4.78 is 5.07. The molecule has 0 saturated carbocycles. The Morgan fingerprint density at radius 2 is 2.21 bits per heavy atom. The number of likely N-dealkylation sites (tertiary alicyclic amines) is 1. The van der Waals surface area contributed by atoms with Crippen molar-refractivity contribution in [1.29, 1.82) is 0 Å². The molecule has 2 N–H and O–H groups in total. The van der Waals surface area contributed by atoms with Gasteiger partial charge in [-0.05, 0) is 18.1 Å². The Labute approximate surface area is 118 Å². The number of halogens is 1. The quantitative estimate of drug-likeness (QED) is 0.919. The Morgan fingerprint density at radius 3 is 2.89 bits per heavy atom. The van der Waals surface area contributed by atoms with Gasteiger partial charge in [-0.25, -0.2) is 0 Å². The lowest BCUT2D eigenvalue weighted by atomic mass is 9.90. The second-order valence-electron chi connectivity index (χ2n) is 4.75. The van der Waals surface area contributed by atoms with E-state index in [4.69, 9.17) is 22.1 Å². The number of nitrogens with zero attached hydrogens (tertiary/aromatic N) is 1. The highest BCUT2D eigenvalue weighted by molar-refractivity contribution is 6.31. The molecule has 1 aliphatic rings. The Bertz CT molecular complexity index is 453. The van der Waals surface area contributed by atoms with E-state index in [-0.39, 0.29) is 18.0 Å². The van der Waals surface area contributed by atoms with Crippen LogP contribution in [0, 0.1) is 0 Å². The molecule has 1 heterocycles. The summed E-state index contributed by atoms with van der Waals surface area (Å²) in [5.41, 5.74) is 7.13. The normalized spacial score (nSPS) is 23.7. The smallest absolute Gasteiger partial charge is 0.223 e. The Hall–Kier alpha value is -1.10. The van der Waals surface area contributed by atoms with E-state index in [1.54, 1.807) is 12.0 Å². The lowest BCUT2D eigenvalue weighted by Gasteiger charge is -2.40. The van der Waals surface area contributed by atoms with Gasteiger partial charge in [0.25, 0.3) is 0 Å². The number of benzene rings is 1. The van der Waals surface area contributed by atoms with E-state index in [0.29, 0.717) is 31.0 Å². The van der Waals surface area contributed by atoms with Crippen molar-refractivity contribution in [3.05, 3.63) is 34.9 Å². The van der Waals surface area contributed by atoms with E-state index in [1.165, 1.54) is 0 Å². The number of hydrogen-bond donors (Lipinski definition) is 1. The average molecular weight is 283 g/mol. The van der Waals surface area contributed by atoms with Crippen LogP contribution in [0.5, 0.6) is 0 Å². The SMILES string of the molecule is COCCN1C(=O)CCC(N)C1c1ccccc1Cl. The van der Waals surface area contributed by atoms with Gasteiger partial charge in [0, 0.05) is 31.1 Å². The van der Waals surface area contributed by atoms with Gasteiger partial charge in [-0.1, -0.05) is 29.8 Å². The number of ether oxygens (including phenoxy) is 1. The summed E-state index contributed by atoms with van der Waals surface area (Å²) in [5, 5.41) is 0.653. The molecule has 0 bridgehead atoms. The highest BCUT2D eigenvalue weighted by Crippen LogP contribution is 2.34. The molecule has 1 aliphatic heterocycles. The minimum absolute atomic E-state index is 0.0885. The molecule has 0 spiro atoms. The molecule has 0 aliphatic carbocycles. The van der Waals surface area contributed by atoms with Crippen molar-refractivity contribution in [2.45, 2.75) is 24.9 Å². The molecule has 2 rings (SSSR count). The van der Waals surface area contributed by atoms with E-state index >= 15 is 0 Å². The van der Waals surface area contributed by atoms with Gasteiger partial charge in [-0.2, -0.15) is 0 Å². The zero-order valence-electron chi connectivity index (χ0n) is 11.0. The molecule has 1 aromatic rings. The molecule has 1 saturated heterocycles. The van der Waals surface area contributed by atoms with E-state index < -0.39 is 0 Å². The second kappa shape index (κ2) is 6.37. The topological polar surface area (TPSA) is 55.6 Å². The Morgan fingerprint density at radius 1 is 1.47 bits per heavy atom. The van der Waals surface area contributed by atoms with Crippen LogP contribution in [0.25, 0.3) is 0 Å². The van der Waals surface area contributed by atoms with Crippen LogP contribution in [0.15, 0.2) is 24.3 Å². The zero-order valence-corrected chi connectivity index (χ0v) is 11.8. The molecule has 1 aromatic carbocycles. The molecule has 104 valence electrons. The molecular weight excluding hydrogens is 264 g/mol. The number of rotatable bonds is 4. The number of methoxy groups -OCH3 is 1. The van der Waals surface area contributed by atoms with Crippen LogP contribution in [0.4, 0.5) is 0 Å². The maximum Gasteiger partial charge on any atom is 0.223 e. The maximum absolute atomic E-state index is 12.1. The number of hydrogen-bond acceptors (Lipinski definition) is 3. The predicted octanol–water partition coefficient (Wildman–Crippen LogP) is 1.98. The van der Waals surface area contributed by atoms with Gasteiger partial charge in [0.1, 0.15) is 0 Å². The number of piperidine rings is 1. The van der Waals surface area contributed by atoms with Crippen molar-refractivity contribution in [3.63, 3.8) is 0 Å². The van der Waals surface area contributed by atoms with Crippen LogP contribution in [-0.2, 0) is 9.53 Å². The summed E-state index contributed by atoms with van der Waals surface area (Å²) in [6, 6.07) is 7.31. The Kier molecular flexibility index (Phi) is 4.80. The third kappa shape index (κ3) is 3.08. The van der Waals surface area contributed by atoms with Gasteiger partial charge in [-0.15, -0.1) is 0 Å². The van der Waals surface area contributed by atoms with Crippen LogP contribution >= 0.6 is 11.6 Å². The predicted molar refractivity (Wildman–Crippen MR) is 75.0 cm³/mol. The summed E-state index contributed by atoms with van der Waals surface area (Å²) in [6.45, 7) is 1.04. The van der Waals surface area contributed by atoms with Gasteiger partial charge in [0.2, 0.25) is 5.91 Å². The van der Waals surface area contributed by atoms with Crippen molar-refractivity contribution < 1.29 is 9.53 Å². The maximum atomic E-state index is 12.1. The average Bonchev–Trinajstić information content (AvgIpc) is 2.41. The molecule has 0 radical (unpaired) electrons. The van der Waals surface area contributed by atoms with E-state index in [2.05, 4.69) is 0 Å². The Balaban J connectivity index is 2.31. The summed E-state index contributed by atoms with van der Waals surface area (Å²) in [6.07, 6.45) is 1.18. The molecule has 2 unspecified atom stereocenters. The first-order valence-corrected chi connectivity index (χ1v) is 6.81. The van der Waals surface area contributed by atoms with Crippen molar-refractivity contribution in [3.8, 4) is 0 Å². The monoisotopic (exact) mass is 282 g/mol. The number of carbonyl (C=O) groups excluding carboxylic acids is 1. The van der Waals surface area contributed by atoms with Gasteiger partial charge < -0.3 is 15.4 Å². The molecule has 5 heteroatoms. The summed E-state index contributed by atoms with van der Waals surface area (Å²) in [4.78, 5) is 13.9. The minimum Gasteiger partial charge on any atom is -0.383 e. The third-order valence-corrected chi connectivity index (χ3v) is 3.86. The molecule has 2 atom stereocenters. The first-order valence-electron chi connectivity index (χ1n) is 6.43. The number of nitrogens with two attached hydrogens (primary N) is 1. The van der Waals surface area contributed by atoms with E-state index in [0.717, 1.165) is 5.56 Å². The van der Waals surface area contributed by atoms with Crippen molar-refractivity contribution in [2.24, 2.45) is 5.73 Å². The first-order chi connectivity index (χ1) is 9.15. The fraction of sp³-hybridized carbons (Fsp3) is 0.500. The highest BCUT2D eigenvalue weighted by Gasteiger charge is 2.35. The lowest BCUT2D eigenvalue weighted by molar-refractivity contribution is -0.138. The standard InChI is InChI=1S/C14H19ClN2O2/c1-19-9-8-17-13(18)7-6-12(16)14(17)10-4-2-3-5-11(10)15/h2-5,12,14H,6-9,16H2,1H3. The lowest BCUT2D eigenvalue weighted by Crippen LogP contribution is -2.49. The molecule has 1 amide bonds. The second-order valence-corrected chi connectivity index (χ2v) is 5.16. The van der Waals surface area contributed by atoms with Crippen molar-refractivity contribution in [2.75, 3.05) is 20.3 Å². The van der Waals surface area contributed by atoms with Crippen LogP contribution in [0.2, 0.25) is 5.02 Å². The highest BCUT2D eigenvalue weighted by atomic mass is 35.5. The van der Waals surface area contributed by atoms with Crippen LogP contribution in [-0.4, -0.2) is 37.1 Å². The number of amides is 1. The molecule has 4 nitrogen and oxygen atoms in total. The molecule has 1 fully saturated rings. The van der Waals surface area contributed by atoms with Gasteiger partial charge in [0.15, 0.2) is 0 Å². The fourth-order valence-electron chi connectivity index (χ4n) is 2.54. The first kappa shape index (κ1) is 14.3. The van der Waals surface area contributed by atoms with Gasteiger partial charge in [-0.3, -0.25) is 4.79 Å². The third-order valence-electron chi connectivity index (χ3n) is 3.51. The fourth-order valence-corrected chi connectivity index (χ4v) is 2.79. The van der Waals surface area contributed by atoms with Crippen molar-refractivity contribution >= 4 is 17.5 Å². The molecule has 0 aromatic heterocycles. The van der Waals surface area contributed by atoms with E-state index in [9.17, 15) is 4.79 Å². The van der Waals surface area contributed by atoms with Crippen LogP contribution < -0.4 is 5.73 Å². The van der Waals surface area contributed by atoms with Gasteiger partial charge >= 0.3 is 0 Å². The minimum atomic E-state index is -0.162. The summed E-state index contributed by atoms with van der Waals surface area (Å²) in [7, 11) is 1.62. The largest absolute Gasteiger partial charge is 0.383 e.